The van der Waals surface area contributed by atoms with Crippen LogP contribution in [0.3, 0.4) is 0 Å². The maximum Gasteiger partial charge on any atom is 0.336 e. The summed E-state index contributed by atoms with van der Waals surface area (Å²) in [5.74, 6) is 0.0150. The topological polar surface area (TPSA) is 89.5 Å². The summed E-state index contributed by atoms with van der Waals surface area (Å²) >= 11 is 0. The van der Waals surface area contributed by atoms with Gasteiger partial charge in [0.25, 0.3) is 0 Å². The molecule has 2 rings (SSSR count). The van der Waals surface area contributed by atoms with Crippen LogP contribution in [-0.4, -0.2) is 43.8 Å². The lowest BCUT2D eigenvalue weighted by atomic mass is 9.81. The minimum Gasteiger partial charge on any atom is -0.455 e. The summed E-state index contributed by atoms with van der Waals surface area (Å²) in [6.45, 7) is 20.3. The Balaban J connectivity index is 2.36. The maximum atomic E-state index is 11.8. The van der Waals surface area contributed by atoms with E-state index in [1.165, 1.54) is 0 Å². The molecule has 0 bridgehead atoms. The molecule has 0 aliphatic carbocycles. The van der Waals surface area contributed by atoms with E-state index < -0.39 is 30.1 Å². The zero-order valence-corrected chi connectivity index (χ0v) is 23.9. The molecule has 2 aromatic rings. The van der Waals surface area contributed by atoms with E-state index >= 15 is 0 Å². The first-order valence-corrected chi connectivity index (χ1v) is 13.0. The number of hydrogen-bond donors (Lipinski definition) is 0. The highest BCUT2D eigenvalue weighted by molar-refractivity contribution is 5.87. The van der Waals surface area contributed by atoms with Crippen LogP contribution in [-0.2, 0) is 34.1 Å². The predicted molar refractivity (Wildman–Crippen MR) is 148 cm³/mol. The van der Waals surface area contributed by atoms with E-state index in [4.69, 9.17) is 28.4 Å². The fraction of sp³-hybridized carbons (Fsp3) is 0.419. The fourth-order valence-electron chi connectivity index (χ4n) is 4.01. The first kappa shape index (κ1) is 31.6. The molecule has 0 aromatic heterocycles. The number of carbonyl (C=O) groups is 2. The summed E-state index contributed by atoms with van der Waals surface area (Å²) < 4.78 is 34.5. The Morgan fingerprint density at radius 2 is 1.10 bits per heavy atom. The molecule has 0 aliphatic rings. The second-order valence-electron chi connectivity index (χ2n) is 9.06. The smallest absolute Gasteiger partial charge is 0.336 e. The van der Waals surface area contributed by atoms with Crippen LogP contribution in [0.5, 0.6) is 11.5 Å². The normalized spacial score (nSPS) is 14.7. The van der Waals surface area contributed by atoms with E-state index in [1.54, 1.807) is 52.0 Å². The van der Waals surface area contributed by atoms with Crippen LogP contribution in [0.15, 0.2) is 72.8 Å². The van der Waals surface area contributed by atoms with E-state index in [0.29, 0.717) is 35.9 Å². The quantitative estimate of drug-likeness (QED) is 0.153. The van der Waals surface area contributed by atoms with Gasteiger partial charge in [-0.15, -0.1) is 0 Å². The minimum atomic E-state index is -0.947. The van der Waals surface area contributed by atoms with E-state index in [2.05, 4.69) is 13.2 Å². The zero-order valence-electron chi connectivity index (χ0n) is 23.9. The van der Waals surface area contributed by atoms with Gasteiger partial charge >= 0.3 is 11.9 Å². The number of rotatable bonds is 15. The average Bonchev–Trinajstić information content (AvgIpc) is 2.88. The van der Waals surface area contributed by atoms with Crippen LogP contribution < -0.4 is 9.47 Å². The van der Waals surface area contributed by atoms with Crippen LogP contribution >= 0.6 is 0 Å². The Labute approximate surface area is 231 Å². The van der Waals surface area contributed by atoms with Crippen LogP contribution in [0.4, 0.5) is 0 Å². The standard InChI is InChI=1S/C31H40O8/c1-10-34-22(7)31(35-11-2,25-12-16-27(17-13-25)36-23(8)38-29(32)20(3)4)26-14-18-28(19-15-26)37-24(9)39-30(33)21(5)6/h12-19,22-24H,3,5,10-11H2,1-2,4,6-9H3. The van der Waals surface area contributed by atoms with Gasteiger partial charge in [0.15, 0.2) is 0 Å². The molecule has 0 heterocycles. The van der Waals surface area contributed by atoms with E-state index in [-0.39, 0.29) is 6.10 Å². The summed E-state index contributed by atoms with van der Waals surface area (Å²) in [5, 5.41) is 0. The molecule has 0 spiro atoms. The van der Waals surface area contributed by atoms with Crippen molar-refractivity contribution < 1.29 is 38.0 Å². The monoisotopic (exact) mass is 540 g/mol. The number of carbonyl (C=O) groups excluding carboxylic acids is 2. The highest BCUT2D eigenvalue weighted by atomic mass is 16.7. The van der Waals surface area contributed by atoms with Crippen molar-refractivity contribution in [3.05, 3.63) is 84.0 Å². The number of hydrogen-bond acceptors (Lipinski definition) is 8. The minimum absolute atomic E-state index is 0.297. The van der Waals surface area contributed by atoms with Gasteiger partial charge in [-0.3, -0.25) is 0 Å². The van der Waals surface area contributed by atoms with Gasteiger partial charge in [-0.05, 0) is 70.0 Å². The third-order valence-electron chi connectivity index (χ3n) is 5.77. The Kier molecular flexibility index (Phi) is 11.8. The van der Waals surface area contributed by atoms with Gasteiger partial charge in [0.2, 0.25) is 12.6 Å². The molecule has 0 saturated carbocycles. The maximum absolute atomic E-state index is 11.8. The first-order valence-electron chi connectivity index (χ1n) is 13.0. The first-order chi connectivity index (χ1) is 18.4. The van der Waals surface area contributed by atoms with Crippen molar-refractivity contribution in [3.8, 4) is 11.5 Å². The van der Waals surface area contributed by atoms with Gasteiger partial charge in [-0.25, -0.2) is 9.59 Å². The highest BCUT2D eigenvalue weighted by Crippen LogP contribution is 2.40. The summed E-state index contributed by atoms with van der Waals surface area (Å²) in [5.41, 5.74) is 1.35. The third-order valence-corrected chi connectivity index (χ3v) is 5.77. The number of ether oxygens (including phenoxy) is 6. The third kappa shape index (κ3) is 8.43. The molecule has 8 heteroatoms. The summed E-state index contributed by atoms with van der Waals surface area (Å²) in [6.07, 6.45) is -1.93. The molecule has 0 amide bonds. The van der Waals surface area contributed by atoms with Crippen molar-refractivity contribution in [2.45, 2.75) is 72.8 Å². The molecule has 2 aromatic carbocycles. The van der Waals surface area contributed by atoms with Crippen molar-refractivity contribution in [2.75, 3.05) is 13.2 Å². The largest absolute Gasteiger partial charge is 0.455 e. The van der Waals surface area contributed by atoms with Crippen molar-refractivity contribution >= 4 is 11.9 Å². The van der Waals surface area contributed by atoms with Gasteiger partial charge < -0.3 is 28.4 Å². The molecular formula is C31H40O8. The SMILES string of the molecule is C=C(C)C(=O)OC(C)Oc1ccc(C(OCC)(c2ccc(OC(C)OC(=O)C(=C)C)cc2)C(C)OCC)cc1. The highest BCUT2D eigenvalue weighted by Gasteiger charge is 2.42. The molecule has 39 heavy (non-hydrogen) atoms. The predicted octanol–water partition coefficient (Wildman–Crippen LogP) is 6.08. The van der Waals surface area contributed by atoms with Crippen LogP contribution in [0.25, 0.3) is 0 Å². The Hall–Kier alpha value is -3.62. The molecule has 0 saturated heterocycles. The van der Waals surface area contributed by atoms with Crippen molar-refractivity contribution in [2.24, 2.45) is 0 Å². The van der Waals surface area contributed by atoms with E-state index in [9.17, 15) is 9.59 Å². The van der Waals surface area contributed by atoms with E-state index in [1.807, 2.05) is 45.0 Å². The Morgan fingerprint density at radius 3 is 1.41 bits per heavy atom. The lowest BCUT2D eigenvalue weighted by Gasteiger charge is -2.39. The molecule has 212 valence electrons. The van der Waals surface area contributed by atoms with E-state index in [0.717, 1.165) is 11.1 Å². The van der Waals surface area contributed by atoms with Gasteiger partial charge in [-0.1, -0.05) is 37.4 Å². The Bertz CT molecular complexity index is 1040. The fourth-order valence-corrected chi connectivity index (χ4v) is 4.01. The average molecular weight is 541 g/mol. The van der Waals surface area contributed by atoms with Crippen molar-refractivity contribution in [3.63, 3.8) is 0 Å². The molecule has 3 atom stereocenters. The molecule has 8 nitrogen and oxygen atoms in total. The second kappa shape index (κ2) is 14.5. The van der Waals surface area contributed by atoms with Crippen molar-refractivity contribution in [1.82, 2.24) is 0 Å². The second-order valence-corrected chi connectivity index (χ2v) is 9.06. The van der Waals surface area contributed by atoms with Crippen LogP contribution in [0, 0.1) is 0 Å². The molecule has 3 unspecified atom stereocenters. The van der Waals surface area contributed by atoms with Crippen LogP contribution in [0.2, 0.25) is 0 Å². The molecule has 0 aliphatic heterocycles. The van der Waals surface area contributed by atoms with Gasteiger partial charge in [0.1, 0.15) is 17.1 Å². The lowest BCUT2D eigenvalue weighted by molar-refractivity contribution is -0.157. The molecular weight excluding hydrogens is 500 g/mol. The summed E-state index contributed by atoms with van der Waals surface area (Å²) in [6, 6.07) is 14.8. The number of esters is 2. The summed E-state index contributed by atoms with van der Waals surface area (Å²) in [4.78, 5) is 23.6. The number of benzene rings is 2. The molecule has 0 fully saturated rings. The van der Waals surface area contributed by atoms with Crippen LogP contribution in [0.1, 0.15) is 59.6 Å². The molecule has 0 N–H and O–H groups in total. The Morgan fingerprint density at radius 1 is 0.718 bits per heavy atom. The van der Waals surface area contributed by atoms with Crippen molar-refractivity contribution in [1.29, 1.82) is 0 Å². The zero-order chi connectivity index (χ0) is 29.2. The lowest BCUT2D eigenvalue weighted by Crippen LogP contribution is -2.43. The van der Waals surface area contributed by atoms with Gasteiger partial charge in [0, 0.05) is 38.2 Å². The van der Waals surface area contributed by atoms with Gasteiger partial charge in [0.05, 0.1) is 6.10 Å². The summed E-state index contributed by atoms with van der Waals surface area (Å²) in [7, 11) is 0. The molecule has 0 radical (unpaired) electrons. The van der Waals surface area contributed by atoms with Gasteiger partial charge in [-0.2, -0.15) is 0 Å².